The van der Waals surface area contributed by atoms with Crippen LogP contribution in [0.25, 0.3) is 0 Å². The third kappa shape index (κ3) is 5.77. The minimum atomic E-state index is -0.477. The molecule has 2 aliphatic carbocycles. The van der Waals surface area contributed by atoms with Crippen molar-refractivity contribution in [2.45, 2.75) is 93.1 Å². The van der Waals surface area contributed by atoms with Gasteiger partial charge in [0.25, 0.3) is 0 Å². The van der Waals surface area contributed by atoms with Crippen LogP contribution in [0.4, 0.5) is 0 Å². The number of halogens is 1. The maximum absolute atomic E-state index is 14.0. The second-order valence-electron chi connectivity index (χ2n) is 14.0. The molecule has 0 fully saturated rings. The van der Waals surface area contributed by atoms with E-state index in [0.29, 0.717) is 36.0 Å². The lowest BCUT2D eigenvalue weighted by molar-refractivity contribution is -0.119. The monoisotopic (exact) mass is 589 g/mol. The number of methoxy groups -OCH3 is 1. The molecule has 42 heavy (non-hydrogen) atoms. The zero-order valence-corrected chi connectivity index (χ0v) is 27.1. The predicted octanol–water partition coefficient (Wildman–Crippen LogP) is 8.64. The highest BCUT2D eigenvalue weighted by Crippen LogP contribution is 2.55. The predicted molar refractivity (Wildman–Crippen MR) is 168 cm³/mol. The van der Waals surface area contributed by atoms with Gasteiger partial charge in [0.2, 0.25) is 0 Å². The van der Waals surface area contributed by atoms with Crippen molar-refractivity contribution in [3.8, 4) is 11.5 Å². The van der Waals surface area contributed by atoms with Gasteiger partial charge in [0.05, 0.1) is 12.1 Å². The highest BCUT2D eigenvalue weighted by atomic mass is 35.5. The van der Waals surface area contributed by atoms with Gasteiger partial charge in [0.1, 0.15) is 6.61 Å². The summed E-state index contributed by atoms with van der Waals surface area (Å²) in [6, 6.07) is 10.1. The van der Waals surface area contributed by atoms with E-state index in [1.807, 2.05) is 12.1 Å². The van der Waals surface area contributed by atoms with Crippen LogP contribution in [-0.2, 0) is 16.2 Å². The van der Waals surface area contributed by atoms with Gasteiger partial charge in [0, 0.05) is 47.8 Å². The molecule has 2 aromatic carbocycles. The van der Waals surface area contributed by atoms with Crippen molar-refractivity contribution in [1.29, 1.82) is 0 Å². The Balaban J connectivity index is 1.65. The summed E-state index contributed by atoms with van der Waals surface area (Å²) < 4.78 is 12.1. The lowest BCUT2D eigenvalue weighted by Gasteiger charge is -2.49. The third-order valence-electron chi connectivity index (χ3n) is 8.72. The summed E-state index contributed by atoms with van der Waals surface area (Å²) in [4.78, 5) is 30.3. The first-order chi connectivity index (χ1) is 19.7. The molecule has 224 valence electrons. The third-order valence-corrected chi connectivity index (χ3v) is 9.00. The summed E-state index contributed by atoms with van der Waals surface area (Å²) in [5.74, 6) is 0.703. The standard InChI is InChI=1S/C36H44ClNO4/c1-9-10-38-26-16-35(4,5)18-28(39)32(26)31(33-27(38)17-36(6,7)19-29(33)40)24-14-25(37)34(30(15-24)41-8)42-20-23-12-21(2)11-22(3)13-23/h11-15,31H,9-10,16-20H2,1-8H3. The Labute approximate surface area is 255 Å². The molecule has 0 amide bonds. The minimum Gasteiger partial charge on any atom is -0.493 e. The van der Waals surface area contributed by atoms with E-state index in [-0.39, 0.29) is 22.4 Å². The summed E-state index contributed by atoms with van der Waals surface area (Å²) >= 11 is 6.94. The number of allylic oxidation sites excluding steroid dienone is 4. The number of ether oxygens (including phenoxy) is 2. The van der Waals surface area contributed by atoms with Crippen LogP contribution >= 0.6 is 11.6 Å². The van der Waals surface area contributed by atoms with Crippen LogP contribution in [0.3, 0.4) is 0 Å². The van der Waals surface area contributed by atoms with E-state index in [1.54, 1.807) is 7.11 Å². The molecule has 0 saturated carbocycles. The van der Waals surface area contributed by atoms with E-state index in [2.05, 4.69) is 71.6 Å². The highest BCUT2D eigenvalue weighted by molar-refractivity contribution is 6.32. The van der Waals surface area contributed by atoms with Crippen molar-refractivity contribution in [3.63, 3.8) is 0 Å². The van der Waals surface area contributed by atoms with Crippen molar-refractivity contribution in [3.05, 3.63) is 80.1 Å². The zero-order valence-electron chi connectivity index (χ0n) is 26.4. The van der Waals surface area contributed by atoms with Crippen molar-refractivity contribution >= 4 is 23.2 Å². The molecule has 1 heterocycles. The molecule has 0 bridgehead atoms. The van der Waals surface area contributed by atoms with Crippen molar-refractivity contribution in [2.75, 3.05) is 13.7 Å². The fraction of sp³-hybridized carbons (Fsp3) is 0.500. The zero-order chi connectivity index (χ0) is 30.6. The van der Waals surface area contributed by atoms with E-state index in [0.717, 1.165) is 59.5 Å². The van der Waals surface area contributed by atoms with E-state index in [1.165, 1.54) is 11.1 Å². The minimum absolute atomic E-state index is 0.113. The summed E-state index contributed by atoms with van der Waals surface area (Å²) in [5.41, 5.74) is 7.51. The van der Waals surface area contributed by atoms with Crippen LogP contribution in [0.15, 0.2) is 52.9 Å². The number of hydrogen-bond donors (Lipinski definition) is 0. The number of aryl methyl sites for hydroxylation is 2. The van der Waals surface area contributed by atoms with Gasteiger partial charge in [-0.1, -0.05) is 75.5 Å². The Bertz CT molecular complexity index is 1440. The van der Waals surface area contributed by atoms with Gasteiger partial charge in [-0.2, -0.15) is 0 Å². The Hall–Kier alpha value is -3.05. The maximum atomic E-state index is 14.0. The Morgan fingerprint density at radius 3 is 1.90 bits per heavy atom. The molecule has 0 aromatic heterocycles. The first-order valence-corrected chi connectivity index (χ1v) is 15.5. The molecule has 6 heteroatoms. The number of nitrogens with zero attached hydrogens (tertiary/aromatic N) is 1. The fourth-order valence-electron chi connectivity index (χ4n) is 7.23. The van der Waals surface area contributed by atoms with Gasteiger partial charge >= 0.3 is 0 Å². The maximum Gasteiger partial charge on any atom is 0.180 e. The van der Waals surface area contributed by atoms with Crippen LogP contribution in [0, 0.1) is 24.7 Å². The second kappa shape index (κ2) is 11.2. The number of carbonyl (C=O) groups excluding carboxylic acids is 2. The smallest absolute Gasteiger partial charge is 0.180 e. The van der Waals surface area contributed by atoms with Gasteiger partial charge in [-0.3, -0.25) is 9.59 Å². The van der Waals surface area contributed by atoms with Gasteiger partial charge in [0.15, 0.2) is 23.1 Å². The molecule has 2 aromatic rings. The highest BCUT2D eigenvalue weighted by Gasteiger charge is 2.49. The van der Waals surface area contributed by atoms with Gasteiger partial charge in [-0.25, -0.2) is 0 Å². The van der Waals surface area contributed by atoms with Crippen LogP contribution < -0.4 is 9.47 Å². The van der Waals surface area contributed by atoms with Gasteiger partial charge in [-0.05, 0) is 67.2 Å². The molecule has 0 atom stereocenters. The number of benzene rings is 2. The quantitative estimate of drug-likeness (QED) is 0.323. The van der Waals surface area contributed by atoms with E-state index < -0.39 is 5.92 Å². The Morgan fingerprint density at radius 1 is 0.857 bits per heavy atom. The SMILES string of the molecule is CCCN1C2=C(C(=O)CC(C)(C)C2)C(c2cc(Cl)c(OCc3cc(C)cc(C)c3)c(OC)c2)C2=C1CC(C)(C)CC2=O. The lowest BCUT2D eigenvalue weighted by atomic mass is 9.63. The van der Waals surface area contributed by atoms with Crippen molar-refractivity contribution < 1.29 is 19.1 Å². The van der Waals surface area contributed by atoms with Crippen LogP contribution in [-0.4, -0.2) is 30.1 Å². The molecule has 5 rings (SSSR count). The van der Waals surface area contributed by atoms with Crippen molar-refractivity contribution in [2.24, 2.45) is 10.8 Å². The second-order valence-corrected chi connectivity index (χ2v) is 14.4. The average molecular weight is 590 g/mol. The first-order valence-electron chi connectivity index (χ1n) is 15.1. The molecule has 0 spiro atoms. The largest absolute Gasteiger partial charge is 0.493 e. The molecule has 0 saturated heterocycles. The molecular formula is C36H44ClNO4. The number of Topliss-reactive ketones (excluding diaryl/α,β-unsaturated/α-hetero) is 2. The van der Waals surface area contributed by atoms with Crippen molar-refractivity contribution in [1.82, 2.24) is 4.90 Å². The number of hydrogen-bond acceptors (Lipinski definition) is 5. The van der Waals surface area contributed by atoms with Gasteiger partial charge < -0.3 is 14.4 Å². The molecule has 0 N–H and O–H groups in total. The lowest BCUT2D eigenvalue weighted by Crippen LogP contribution is -2.44. The topological polar surface area (TPSA) is 55.8 Å². The molecule has 1 aliphatic heterocycles. The van der Waals surface area contributed by atoms with E-state index in [9.17, 15) is 9.59 Å². The summed E-state index contributed by atoms with van der Waals surface area (Å²) in [5, 5.41) is 0.404. The molecular weight excluding hydrogens is 546 g/mol. The normalized spacial score (nSPS) is 20.1. The Kier molecular flexibility index (Phi) is 8.12. The number of carbonyl (C=O) groups is 2. The summed E-state index contributed by atoms with van der Waals surface area (Å²) in [6.45, 7) is 16.1. The summed E-state index contributed by atoms with van der Waals surface area (Å²) in [7, 11) is 1.60. The Morgan fingerprint density at radius 2 is 1.40 bits per heavy atom. The molecule has 5 nitrogen and oxygen atoms in total. The fourth-order valence-corrected chi connectivity index (χ4v) is 7.50. The van der Waals surface area contributed by atoms with E-state index >= 15 is 0 Å². The summed E-state index contributed by atoms with van der Waals surface area (Å²) in [6.07, 6.45) is 3.41. The molecule has 3 aliphatic rings. The van der Waals surface area contributed by atoms with Crippen LogP contribution in [0.2, 0.25) is 5.02 Å². The molecule has 0 unspecified atom stereocenters. The number of rotatable bonds is 7. The van der Waals surface area contributed by atoms with E-state index in [4.69, 9.17) is 21.1 Å². The average Bonchev–Trinajstić information content (AvgIpc) is 2.86. The van der Waals surface area contributed by atoms with Crippen LogP contribution in [0.5, 0.6) is 11.5 Å². The first kappa shape index (κ1) is 30.4. The number of ketones is 2. The molecule has 0 radical (unpaired) electrons. The van der Waals surface area contributed by atoms with Crippen LogP contribution in [0.1, 0.15) is 94.9 Å². The van der Waals surface area contributed by atoms with Gasteiger partial charge in [-0.15, -0.1) is 0 Å².